The Bertz CT molecular complexity index is 1220. The van der Waals surface area contributed by atoms with E-state index >= 15 is 0 Å². The van der Waals surface area contributed by atoms with Crippen LogP contribution in [0.1, 0.15) is 26.3 Å². The number of hydrogen-bond acceptors (Lipinski definition) is 3. The molecule has 4 aromatic rings. The molecule has 1 aliphatic rings. The Balaban J connectivity index is 1.52. The molecule has 0 saturated carbocycles. The fourth-order valence-corrected chi connectivity index (χ4v) is 12.2. The predicted octanol–water partition coefficient (Wildman–Crippen LogP) is 5.32. The maximum absolute atomic E-state index is 7.41. The van der Waals surface area contributed by atoms with E-state index in [1.54, 1.807) is 0 Å². The van der Waals surface area contributed by atoms with Crippen molar-refractivity contribution < 1.29 is 13.9 Å². The Hall–Kier alpha value is -2.50. The van der Waals surface area contributed by atoms with Gasteiger partial charge >= 0.3 is 235 Å². The van der Waals surface area contributed by atoms with Crippen LogP contribution in [0.3, 0.4) is 0 Å². The molecule has 0 spiro atoms. The van der Waals surface area contributed by atoms with Gasteiger partial charge < -0.3 is 0 Å². The van der Waals surface area contributed by atoms with Gasteiger partial charge in [-0.25, -0.2) is 0 Å². The van der Waals surface area contributed by atoms with E-state index in [1.807, 2.05) is 6.07 Å². The molecule has 1 fully saturated rings. The summed E-state index contributed by atoms with van der Waals surface area (Å²) < 4.78 is 22.0. The van der Waals surface area contributed by atoms with E-state index < -0.39 is 14.6 Å². The zero-order valence-electron chi connectivity index (χ0n) is 22.3. The molecule has 196 valence electrons. The van der Waals surface area contributed by atoms with Crippen molar-refractivity contribution in [3.63, 3.8) is 0 Å². The average Bonchev–Trinajstić information content (AvgIpc) is 3.32. The van der Waals surface area contributed by atoms with Crippen molar-refractivity contribution in [2.24, 2.45) is 0 Å². The van der Waals surface area contributed by atoms with Crippen molar-refractivity contribution in [2.75, 3.05) is 6.61 Å². The summed E-state index contributed by atoms with van der Waals surface area (Å²) in [6.45, 7) is 8.09. The molecular formula is C33H36O3SeSi. The van der Waals surface area contributed by atoms with Gasteiger partial charge in [0.15, 0.2) is 0 Å². The molecule has 0 aromatic heterocycles. The summed E-state index contributed by atoms with van der Waals surface area (Å²) in [5.74, 6) is 0. The molecule has 1 aliphatic heterocycles. The van der Waals surface area contributed by atoms with Gasteiger partial charge in [-0.1, -0.05) is 0 Å². The van der Waals surface area contributed by atoms with Gasteiger partial charge in [0, 0.05) is 0 Å². The first-order chi connectivity index (χ1) is 18.5. The molecule has 0 bridgehead atoms. The fraction of sp³-hybridized carbons (Fsp3) is 0.273. The van der Waals surface area contributed by atoms with E-state index in [0.29, 0.717) is 13.2 Å². The van der Waals surface area contributed by atoms with Crippen molar-refractivity contribution in [2.45, 2.75) is 49.6 Å². The Morgan fingerprint density at radius 3 is 1.76 bits per heavy atom. The minimum absolute atomic E-state index is 0.133. The summed E-state index contributed by atoms with van der Waals surface area (Å²) in [7, 11) is -2.78. The zero-order chi connectivity index (χ0) is 26.4. The molecule has 3 nitrogen and oxygen atoms in total. The molecule has 1 saturated heterocycles. The molecule has 38 heavy (non-hydrogen) atoms. The van der Waals surface area contributed by atoms with Crippen LogP contribution in [0, 0.1) is 0 Å². The summed E-state index contributed by atoms with van der Waals surface area (Å²) in [5, 5.41) is 2.37. The van der Waals surface area contributed by atoms with Gasteiger partial charge in [-0.15, -0.1) is 0 Å². The first kappa shape index (κ1) is 27.1. The Labute approximate surface area is 234 Å². The molecule has 0 unspecified atom stereocenters. The number of ether oxygens (including phenoxy) is 2. The quantitative estimate of drug-likeness (QED) is 0.248. The van der Waals surface area contributed by atoms with E-state index in [9.17, 15) is 0 Å². The van der Waals surface area contributed by atoms with Crippen LogP contribution in [-0.4, -0.2) is 42.3 Å². The summed E-state index contributed by atoms with van der Waals surface area (Å²) in [4.78, 5) is 0.261. The van der Waals surface area contributed by atoms with Crippen LogP contribution in [0.4, 0.5) is 0 Å². The van der Waals surface area contributed by atoms with Crippen LogP contribution in [0.25, 0.3) is 0 Å². The molecule has 5 rings (SSSR count). The van der Waals surface area contributed by atoms with Gasteiger partial charge in [0.2, 0.25) is 0 Å². The fourth-order valence-electron chi connectivity index (χ4n) is 5.25. The summed E-state index contributed by atoms with van der Waals surface area (Å²) in [6, 6.07) is 42.7. The third-order valence-electron chi connectivity index (χ3n) is 7.09. The van der Waals surface area contributed by atoms with Gasteiger partial charge in [0.1, 0.15) is 0 Å². The summed E-state index contributed by atoms with van der Waals surface area (Å²) in [5.41, 5.74) is 1.16. The first-order valence-corrected chi connectivity index (χ1v) is 17.0. The standard InChI is InChI=1S/C33H36O3SeSi/c1-33(2,3)38(28-20-12-6-13-21-28,29-22-14-7-15-23-29)36-32-31(34-24-26-16-8-4-9-17-26)30(25-35-32)37-27-18-10-5-11-19-27/h4-23,30-32H,24-25H2,1-3H3/t30-,31+,32+/m0/s1. The molecule has 3 atom stereocenters. The van der Waals surface area contributed by atoms with E-state index in [1.165, 1.54) is 14.8 Å². The average molecular weight is 588 g/mol. The van der Waals surface area contributed by atoms with Crippen LogP contribution >= 0.6 is 0 Å². The Morgan fingerprint density at radius 2 is 1.24 bits per heavy atom. The summed E-state index contributed by atoms with van der Waals surface area (Å²) in [6.07, 6.45) is -0.599. The van der Waals surface area contributed by atoms with Crippen LogP contribution in [0.2, 0.25) is 9.85 Å². The second-order valence-corrected chi connectivity index (χ2v) is 17.7. The zero-order valence-corrected chi connectivity index (χ0v) is 25.0. The van der Waals surface area contributed by atoms with E-state index in [-0.39, 0.29) is 30.9 Å². The van der Waals surface area contributed by atoms with Gasteiger partial charge in [-0.3, -0.25) is 0 Å². The van der Waals surface area contributed by atoms with E-state index in [0.717, 1.165) is 5.56 Å². The molecule has 1 heterocycles. The van der Waals surface area contributed by atoms with Crippen LogP contribution in [0.15, 0.2) is 121 Å². The van der Waals surface area contributed by atoms with E-state index in [4.69, 9.17) is 13.9 Å². The molecule has 0 radical (unpaired) electrons. The molecule has 4 aromatic carbocycles. The third kappa shape index (κ3) is 5.89. The van der Waals surface area contributed by atoms with Gasteiger partial charge in [0.05, 0.1) is 0 Å². The van der Waals surface area contributed by atoms with Crippen molar-refractivity contribution in [1.82, 2.24) is 0 Å². The van der Waals surface area contributed by atoms with Crippen molar-refractivity contribution in [3.05, 3.63) is 127 Å². The van der Waals surface area contributed by atoms with Crippen molar-refractivity contribution in [3.8, 4) is 0 Å². The van der Waals surface area contributed by atoms with Crippen molar-refractivity contribution >= 4 is 38.1 Å². The topological polar surface area (TPSA) is 27.7 Å². The maximum atomic E-state index is 7.41. The third-order valence-corrected chi connectivity index (χ3v) is 14.7. The Kier molecular flexibility index (Phi) is 8.64. The monoisotopic (exact) mass is 588 g/mol. The van der Waals surface area contributed by atoms with Gasteiger partial charge in [-0.05, 0) is 0 Å². The Morgan fingerprint density at radius 1 is 0.737 bits per heavy atom. The normalized spacial score (nSPS) is 19.9. The number of benzene rings is 4. The summed E-state index contributed by atoms with van der Waals surface area (Å²) >= 11 is 0.201. The van der Waals surface area contributed by atoms with E-state index in [2.05, 4.69) is 136 Å². The van der Waals surface area contributed by atoms with Crippen LogP contribution in [0.5, 0.6) is 0 Å². The first-order valence-electron chi connectivity index (χ1n) is 13.2. The van der Waals surface area contributed by atoms with Crippen LogP contribution < -0.4 is 14.8 Å². The number of rotatable bonds is 9. The van der Waals surface area contributed by atoms with Crippen LogP contribution in [-0.2, 0) is 20.5 Å². The predicted molar refractivity (Wildman–Crippen MR) is 159 cm³/mol. The molecule has 0 amide bonds. The van der Waals surface area contributed by atoms with Crippen molar-refractivity contribution in [1.29, 1.82) is 0 Å². The molecule has 5 heteroatoms. The van der Waals surface area contributed by atoms with Gasteiger partial charge in [0.25, 0.3) is 0 Å². The minimum atomic E-state index is -2.78. The second-order valence-electron chi connectivity index (χ2n) is 10.7. The molecule has 0 aliphatic carbocycles. The molecule has 0 N–H and O–H groups in total. The second kappa shape index (κ2) is 12.1. The molecular weight excluding hydrogens is 551 g/mol. The van der Waals surface area contributed by atoms with Gasteiger partial charge in [-0.2, -0.15) is 0 Å². The SMILES string of the molecule is CC(C)(C)[Si](O[C@H]1OC[C@H]([Se]c2ccccc2)[C@H]1OCc1ccccc1)(c1ccccc1)c1ccccc1. The number of hydrogen-bond donors (Lipinski definition) is 0.